The van der Waals surface area contributed by atoms with Crippen LogP contribution in [-0.4, -0.2) is 15.6 Å². The second kappa shape index (κ2) is 6.13. The summed E-state index contributed by atoms with van der Waals surface area (Å²) in [7, 11) is 0. The van der Waals surface area contributed by atoms with Crippen LogP contribution in [0.4, 0.5) is 0 Å². The number of rotatable bonds is 5. The van der Waals surface area contributed by atoms with Gasteiger partial charge in [-0.2, -0.15) is 0 Å². The Bertz CT molecular complexity index is 720. The van der Waals surface area contributed by atoms with E-state index in [9.17, 15) is 4.79 Å². The fourth-order valence-electron chi connectivity index (χ4n) is 2.18. The SMILES string of the molecule is O=C(C[n+]1cnn(Cc2ccccc2)c1)c1ccccc1. The third-order valence-corrected chi connectivity index (χ3v) is 3.24. The third kappa shape index (κ3) is 3.42. The first-order chi connectivity index (χ1) is 10.3. The molecule has 0 radical (unpaired) electrons. The Hall–Kier alpha value is -2.75. The van der Waals surface area contributed by atoms with Crippen LogP contribution in [0.15, 0.2) is 73.3 Å². The molecule has 4 nitrogen and oxygen atoms in total. The van der Waals surface area contributed by atoms with Gasteiger partial charge in [0.25, 0.3) is 6.33 Å². The van der Waals surface area contributed by atoms with Crippen LogP contribution < -0.4 is 4.57 Å². The summed E-state index contributed by atoms with van der Waals surface area (Å²) < 4.78 is 3.63. The van der Waals surface area contributed by atoms with E-state index in [2.05, 4.69) is 17.2 Å². The zero-order chi connectivity index (χ0) is 14.5. The number of hydrogen-bond donors (Lipinski definition) is 0. The summed E-state index contributed by atoms with van der Waals surface area (Å²) in [5.74, 6) is 0.0832. The van der Waals surface area contributed by atoms with E-state index in [-0.39, 0.29) is 5.78 Å². The summed E-state index contributed by atoms with van der Waals surface area (Å²) in [4.78, 5) is 12.1. The lowest BCUT2D eigenvalue weighted by Crippen LogP contribution is -2.35. The molecule has 3 rings (SSSR count). The normalized spacial score (nSPS) is 10.5. The van der Waals surface area contributed by atoms with Gasteiger partial charge in [-0.15, -0.1) is 4.68 Å². The van der Waals surface area contributed by atoms with Gasteiger partial charge in [0.2, 0.25) is 6.33 Å². The molecule has 0 fully saturated rings. The van der Waals surface area contributed by atoms with E-state index in [1.165, 1.54) is 5.56 Å². The van der Waals surface area contributed by atoms with Crippen molar-refractivity contribution >= 4 is 5.78 Å². The number of carbonyl (C=O) groups excluding carboxylic acids is 1. The van der Waals surface area contributed by atoms with Crippen LogP contribution in [0.3, 0.4) is 0 Å². The highest BCUT2D eigenvalue weighted by molar-refractivity contribution is 5.94. The highest BCUT2D eigenvalue weighted by Gasteiger charge is 2.12. The first-order valence-electron chi connectivity index (χ1n) is 6.85. The van der Waals surface area contributed by atoms with E-state index in [1.807, 2.05) is 59.5 Å². The quantitative estimate of drug-likeness (QED) is 0.529. The molecule has 104 valence electrons. The van der Waals surface area contributed by atoms with Crippen LogP contribution in [0.2, 0.25) is 0 Å². The van der Waals surface area contributed by atoms with E-state index >= 15 is 0 Å². The molecule has 1 aromatic heterocycles. The Morgan fingerprint density at radius 2 is 1.67 bits per heavy atom. The lowest BCUT2D eigenvalue weighted by molar-refractivity contribution is -0.683. The highest BCUT2D eigenvalue weighted by Crippen LogP contribution is 2.01. The average Bonchev–Trinajstić information content (AvgIpc) is 2.96. The van der Waals surface area contributed by atoms with Crippen molar-refractivity contribution in [2.24, 2.45) is 0 Å². The molecule has 0 amide bonds. The predicted octanol–water partition coefficient (Wildman–Crippen LogP) is 2.10. The van der Waals surface area contributed by atoms with Gasteiger partial charge in [-0.3, -0.25) is 4.79 Å². The van der Waals surface area contributed by atoms with Gasteiger partial charge >= 0.3 is 0 Å². The van der Waals surface area contributed by atoms with Crippen molar-refractivity contribution in [2.45, 2.75) is 13.1 Å². The number of nitrogens with zero attached hydrogens (tertiary/aromatic N) is 3. The van der Waals surface area contributed by atoms with Crippen LogP contribution >= 0.6 is 0 Å². The van der Waals surface area contributed by atoms with Crippen LogP contribution in [0.5, 0.6) is 0 Å². The maximum atomic E-state index is 12.1. The number of Topliss-reactive ketones (excluding diaryl/α,β-unsaturated/α-hetero) is 1. The lowest BCUT2D eigenvalue weighted by atomic mass is 10.1. The van der Waals surface area contributed by atoms with E-state index in [1.54, 1.807) is 10.9 Å². The Balaban J connectivity index is 1.67. The third-order valence-electron chi connectivity index (χ3n) is 3.24. The van der Waals surface area contributed by atoms with E-state index in [4.69, 9.17) is 0 Å². The molecule has 3 aromatic rings. The number of benzene rings is 2. The molecule has 0 saturated heterocycles. The summed E-state index contributed by atoms with van der Waals surface area (Å²) >= 11 is 0. The summed E-state index contributed by atoms with van der Waals surface area (Å²) in [5.41, 5.74) is 1.91. The Kier molecular flexibility index (Phi) is 3.87. The monoisotopic (exact) mass is 278 g/mol. The van der Waals surface area contributed by atoms with Crippen molar-refractivity contribution < 1.29 is 9.36 Å². The van der Waals surface area contributed by atoms with Crippen molar-refractivity contribution in [1.29, 1.82) is 0 Å². The second-order valence-electron chi connectivity index (χ2n) is 4.89. The number of carbonyl (C=O) groups is 1. The van der Waals surface area contributed by atoms with Crippen LogP contribution in [0.25, 0.3) is 0 Å². The molecule has 21 heavy (non-hydrogen) atoms. The standard InChI is InChI=1S/C17H16N3O/c21-17(16-9-5-2-6-10-16)12-19-13-18-20(14-19)11-15-7-3-1-4-8-15/h1-10,13-14H,11-12H2/q+1. The minimum absolute atomic E-state index is 0.0832. The molecule has 0 aliphatic carbocycles. The van der Waals surface area contributed by atoms with Gasteiger partial charge in [0.05, 0.1) is 0 Å². The fourth-order valence-corrected chi connectivity index (χ4v) is 2.18. The minimum atomic E-state index is 0.0832. The molecule has 0 aliphatic heterocycles. The fraction of sp³-hybridized carbons (Fsp3) is 0.118. The predicted molar refractivity (Wildman–Crippen MR) is 78.7 cm³/mol. The van der Waals surface area contributed by atoms with Gasteiger partial charge in [-0.1, -0.05) is 60.7 Å². The van der Waals surface area contributed by atoms with Gasteiger partial charge in [-0.05, 0) is 5.56 Å². The molecule has 0 atom stereocenters. The largest absolute Gasteiger partial charge is 0.291 e. The smallest absolute Gasteiger partial charge is 0.265 e. The molecule has 4 heteroatoms. The van der Waals surface area contributed by atoms with Gasteiger partial charge in [0.1, 0.15) is 13.1 Å². The highest BCUT2D eigenvalue weighted by atomic mass is 16.1. The number of ketones is 1. The van der Waals surface area contributed by atoms with Crippen molar-refractivity contribution in [2.75, 3.05) is 0 Å². The summed E-state index contributed by atoms with van der Waals surface area (Å²) in [6.07, 6.45) is 3.54. The van der Waals surface area contributed by atoms with Crippen molar-refractivity contribution in [1.82, 2.24) is 9.78 Å². The zero-order valence-corrected chi connectivity index (χ0v) is 11.6. The Labute approximate surface area is 123 Å². The average molecular weight is 278 g/mol. The maximum Gasteiger partial charge on any atom is 0.265 e. The van der Waals surface area contributed by atoms with E-state index in [0.717, 1.165) is 5.56 Å². The molecule has 0 N–H and O–H groups in total. The van der Waals surface area contributed by atoms with Crippen molar-refractivity contribution in [3.63, 3.8) is 0 Å². The van der Waals surface area contributed by atoms with Crippen molar-refractivity contribution in [3.8, 4) is 0 Å². The molecule has 0 aliphatic rings. The minimum Gasteiger partial charge on any atom is -0.291 e. The molecular formula is C17H16N3O+. The van der Waals surface area contributed by atoms with Gasteiger partial charge < -0.3 is 0 Å². The van der Waals surface area contributed by atoms with Crippen molar-refractivity contribution in [3.05, 3.63) is 84.4 Å². The van der Waals surface area contributed by atoms with Gasteiger partial charge in [0, 0.05) is 10.7 Å². The molecule has 2 aromatic carbocycles. The van der Waals surface area contributed by atoms with Gasteiger partial charge in [0.15, 0.2) is 5.78 Å². The van der Waals surface area contributed by atoms with Crippen LogP contribution in [0, 0.1) is 0 Å². The lowest BCUT2D eigenvalue weighted by Gasteiger charge is -1.97. The second-order valence-corrected chi connectivity index (χ2v) is 4.89. The topological polar surface area (TPSA) is 38.8 Å². The Morgan fingerprint density at radius 3 is 2.38 bits per heavy atom. The first-order valence-corrected chi connectivity index (χ1v) is 6.85. The summed E-state index contributed by atoms with van der Waals surface area (Å²) in [6.45, 7) is 1.01. The summed E-state index contributed by atoms with van der Waals surface area (Å²) in [5, 5.41) is 4.29. The van der Waals surface area contributed by atoms with E-state index in [0.29, 0.717) is 13.1 Å². The molecule has 0 unspecified atom stereocenters. The van der Waals surface area contributed by atoms with Crippen LogP contribution in [-0.2, 0) is 13.1 Å². The summed E-state index contributed by atoms with van der Waals surface area (Å²) in [6, 6.07) is 19.4. The molecule has 0 bridgehead atoms. The van der Waals surface area contributed by atoms with E-state index < -0.39 is 0 Å². The van der Waals surface area contributed by atoms with Gasteiger partial charge in [-0.25, -0.2) is 4.57 Å². The molecule has 0 spiro atoms. The maximum absolute atomic E-state index is 12.1. The molecular weight excluding hydrogens is 262 g/mol. The molecule has 0 saturated carbocycles. The number of hydrogen-bond acceptors (Lipinski definition) is 2. The number of aromatic nitrogens is 3. The van der Waals surface area contributed by atoms with Crippen LogP contribution in [0.1, 0.15) is 15.9 Å². The zero-order valence-electron chi connectivity index (χ0n) is 11.6. The molecule has 1 heterocycles. The Morgan fingerprint density at radius 1 is 1.00 bits per heavy atom. The first kappa shape index (κ1) is 13.2.